The quantitative estimate of drug-likeness (QED) is 0.768. The Morgan fingerprint density at radius 3 is 2.00 bits per heavy atom. The lowest BCUT2D eigenvalue weighted by Gasteiger charge is -2.26. The third kappa shape index (κ3) is 1.99. The van der Waals surface area contributed by atoms with Crippen LogP contribution < -0.4 is 5.23 Å². The van der Waals surface area contributed by atoms with Crippen LogP contribution in [0.3, 0.4) is 0 Å². The highest BCUT2D eigenvalue weighted by Gasteiger charge is 2.50. The molecule has 0 N–H and O–H groups in total. The summed E-state index contributed by atoms with van der Waals surface area (Å²) in [4.78, 5) is 11.8. The van der Waals surface area contributed by atoms with Gasteiger partial charge in [0.15, 0.2) is 0 Å². The third-order valence-electron chi connectivity index (χ3n) is 4.02. The van der Waals surface area contributed by atoms with Gasteiger partial charge in [0, 0.05) is 0 Å². The zero-order valence-electron chi connectivity index (χ0n) is 11.8. The van der Waals surface area contributed by atoms with E-state index in [1.54, 1.807) is 0 Å². The standard InChI is InChI=1S/C16H19NO2/c1-15(2)16(3,4)19-17(18-15)14-10-9-12-7-5-6-8-13(12)11-14/h5-11H,1-4H3. The molecule has 0 unspecified atom stereocenters. The Morgan fingerprint density at radius 2 is 1.37 bits per heavy atom. The van der Waals surface area contributed by atoms with E-state index in [1.165, 1.54) is 16.0 Å². The molecule has 1 heterocycles. The van der Waals surface area contributed by atoms with E-state index in [0.717, 1.165) is 5.69 Å². The van der Waals surface area contributed by atoms with Crippen molar-refractivity contribution in [2.45, 2.75) is 38.9 Å². The molecule has 0 spiro atoms. The second kappa shape index (κ2) is 3.95. The van der Waals surface area contributed by atoms with Gasteiger partial charge in [-0.15, -0.1) is 5.23 Å². The van der Waals surface area contributed by atoms with Crippen LogP contribution in [-0.2, 0) is 9.68 Å². The zero-order chi connectivity index (χ0) is 13.7. The normalized spacial score (nSPS) is 20.9. The maximum absolute atomic E-state index is 5.91. The van der Waals surface area contributed by atoms with E-state index in [-0.39, 0.29) is 11.2 Å². The molecule has 0 aliphatic carbocycles. The Morgan fingerprint density at radius 1 is 0.789 bits per heavy atom. The topological polar surface area (TPSA) is 21.7 Å². The van der Waals surface area contributed by atoms with E-state index in [2.05, 4.69) is 24.3 Å². The van der Waals surface area contributed by atoms with Gasteiger partial charge in [0.2, 0.25) is 0 Å². The van der Waals surface area contributed by atoms with Crippen LogP contribution in [0.25, 0.3) is 10.8 Å². The Labute approximate surface area is 113 Å². The second-order valence-electron chi connectivity index (χ2n) is 5.99. The summed E-state index contributed by atoms with van der Waals surface area (Å²) in [6.07, 6.45) is 0. The fourth-order valence-corrected chi connectivity index (χ4v) is 2.05. The first-order chi connectivity index (χ1) is 8.89. The Kier molecular flexibility index (Phi) is 2.59. The number of fused-ring (bicyclic) bond motifs is 1. The molecule has 100 valence electrons. The van der Waals surface area contributed by atoms with Gasteiger partial charge in [0.1, 0.15) is 11.2 Å². The van der Waals surface area contributed by atoms with Gasteiger partial charge in [-0.25, -0.2) is 9.68 Å². The number of rotatable bonds is 1. The minimum absolute atomic E-state index is 0.362. The van der Waals surface area contributed by atoms with Crippen LogP contribution >= 0.6 is 0 Å². The first-order valence-electron chi connectivity index (χ1n) is 6.56. The summed E-state index contributed by atoms with van der Waals surface area (Å²) in [7, 11) is 0. The molecular weight excluding hydrogens is 238 g/mol. The van der Waals surface area contributed by atoms with E-state index in [1.807, 2.05) is 45.9 Å². The smallest absolute Gasteiger partial charge is 0.124 e. The van der Waals surface area contributed by atoms with Crippen molar-refractivity contribution in [3.63, 3.8) is 0 Å². The molecule has 0 atom stereocenters. The summed E-state index contributed by atoms with van der Waals surface area (Å²) in [5.74, 6) is 0. The lowest BCUT2D eigenvalue weighted by atomic mass is 9.90. The number of nitrogens with zero attached hydrogens (tertiary/aromatic N) is 1. The Hall–Kier alpha value is -1.58. The van der Waals surface area contributed by atoms with Gasteiger partial charge in [-0.1, -0.05) is 30.3 Å². The monoisotopic (exact) mass is 257 g/mol. The predicted molar refractivity (Wildman–Crippen MR) is 76.8 cm³/mol. The second-order valence-corrected chi connectivity index (χ2v) is 5.99. The van der Waals surface area contributed by atoms with Crippen LogP contribution in [0.5, 0.6) is 0 Å². The van der Waals surface area contributed by atoms with E-state index >= 15 is 0 Å². The predicted octanol–water partition coefficient (Wildman–Crippen LogP) is 4.08. The molecule has 2 aromatic carbocycles. The van der Waals surface area contributed by atoms with E-state index in [0.29, 0.717) is 0 Å². The van der Waals surface area contributed by atoms with Gasteiger partial charge >= 0.3 is 0 Å². The first-order valence-corrected chi connectivity index (χ1v) is 6.56. The minimum Gasteiger partial charge on any atom is -0.239 e. The Balaban J connectivity index is 1.98. The first kappa shape index (κ1) is 12.5. The summed E-state index contributed by atoms with van der Waals surface area (Å²) >= 11 is 0. The molecule has 0 amide bonds. The molecule has 3 rings (SSSR count). The van der Waals surface area contributed by atoms with Crippen LogP contribution in [-0.4, -0.2) is 11.2 Å². The highest BCUT2D eigenvalue weighted by molar-refractivity contribution is 5.85. The van der Waals surface area contributed by atoms with Crippen LogP contribution in [0.15, 0.2) is 42.5 Å². The lowest BCUT2D eigenvalue weighted by molar-refractivity contribution is -0.0272. The van der Waals surface area contributed by atoms with Gasteiger partial charge in [-0.3, -0.25) is 0 Å². The fourth-order valence-electron chi connectivity index (χ4n) is 2.05. The number of anilines is 1. The van der Waals surface area contributed by atoms with Crippen molar-refractivity contribution in [1.82, 2.24) is 0 Å². The molecular formula is C16H19NO2. The van der Waals surface area contributed by atoms with Gasteiger partial charge in [0.25, 0.3) is 0 Å². The summed E-state index contributed by atoms with van der Waals surface area (Å²) in [6.45, 7) is 8.14. The number of benzene rings is 2. The van der Waals surface area contributed by atoms with Gasteiger partial charge in [0.05, 0.1) is 5.69 Å². The fraction of sp³-hybridized carbons (Fsp3) is 0.375. The molecule has 0 radical (unpaired) electrons. The van der Waals surface area contributed by atoms with Gasteiger partial charge < -0.3 is 0 Å². The van der Waals surface area contributed by atoms with Crippen molar-refractivity contribution < 1.29 is 9.68 Å². The highest BCUT2D eigenvalue weighted by Crippen LogP contribution is 2.40. The molecule has 1 fully saturated rings. The molecule has 1 aliphatic rings. The van der Waals surface area contributed by atoms with Crippen LogP contribution in [0.4, 0.5) is 5.69 Å². The van der Waals surface area contributed by atoms with Crippen molar-refractivity contribution in [3.05, 3.63) is 42.5 Å². The molecule has 1 aliphatic heterocycles. The summed E-state index contributed by atoms with van der Waals surface area (Å²) in [6, 6.07) is 14.4. The molecule has 1 saturated heterocycles. The maximum atomic E-state index is 5.91. The van der Waals surface area contributed by atoms with E-state index in [4.69, 9.17) is 9.68 Å². The third-order valence-corrected chi connectivity index (χ3v) is 4.02. The van der Waals surface area contributed by atoms with Crippen LogP contribution in [0, 0.1) is 0 Å². The molecule has 0 aromatic heterocycles. The summed E-state index contributed by atoms with van der Waals surface area (Å²) in [5.41, 5.74) is 0.189. The molecule has 19 heavy (non-hydrogen) atoms. The van der Waals surface area contributed by atoms with Gasteiger partial charge in [-0.05, 0) is 50.6 Å². The minimum atomic E-state index is -0.362. The van der Waals surface area contributed by atoms with Crippen molar-refractivity contribution in [1.29, 1.82) is 0 Å². The van der Waals surface area contributed by atoms with E-state index in [9.17, 15) is 0 Å². The van der Waals surface area contributed by atoms with Crippen LogP contribution in [0.1, 0.15) is 27.7 Å². The number of hydrogen-bond donors (Lipinski definition) is 0. The van der Waals surface area contributed by atoms with Crippen LogP contribution in [0.2, 0.25) is 0 Å². The highest BCUT2D eigenvalue weighted by atomic mass is 17.0. The average Bonchev–Trinajstić information content (AvgIpc) is 2.58. The maximum Gasteiger partial charge on any atom is 0.124 e. The zero-order valence-corrected chi connectivity index (χ0v) is 11.8. The molecule has 0 bridgehead atoms. The van der Waals surface area contributed by atoms with Crippen molar-refractivity contribution >= 4 is 16.5 Å². The van der Waals surface area contributed by atoms with E-state index < -0.39 is 0 Å². The summed E-state index contributed by atoms with van der Waals surface area (Å²) < 4.78 is 0. The molecule has 3 nitrogen and oxygen atoms in total. The van der Waals surface area contributed by atoms with Crippen molar-refractivity contribution in [3.8, 4) is 0 Å². The Bertz CT molecular complexity index is 603. The lowest BCUT2D eigenvalue weighted by Crippen LogP contribution is -2.41. The molecule has 2 aromatic rings. The summed E-state index contributed by atoms with van der Waals surface area (Å²) in [5, 5.41) is 3.92. The number of hydrogen-bond acceptors (Lipinski definition) is 3. The largest absolute Gasteiger partial charge is 0.239 e. The van der Waals surface area contributed by atoms with Crippen molar-refractivity contribution in [2.75, 3.05) is 5.23 Å². The molecule has 0 saturated carbocycles. The average molecular weight is 257 g/mol. The SMILES string of the molecule is CC1(C)ON(c2ccc3ccccc3c2)OC1(C)C. The molecule has 3 heteroatoms. The van der Waals surface area contributed by atoms with Gasteiger partial charge in [-0.2, -0.15) is 0 Å². The van der Waals surface area contributed by atoms with Crippen molar-refractivity contribution in [2.24, 2.45) is 0 Å².